The number of fused-ring (bicyclic) bond motifs is 1. The quantitative estimate of drug-likeness (QED) is 0.175. The van der Waals surface area contributed by atoms with Gasteiger partial charge in [-0.1, -0.05) is 0 Å². The summed E-state index contributed by atoms with van der Waals surface area (Å²) in [5, 5.41) is 3.48. The smallest absolute Gasteiger partial charge is 0.257 e. The summed E-state index contributed by atoms with van der Waals surface area (Å²) in [6.07, 6.45) is 1.55. The van der Waals surface area contributed by atoms with Crippen molar-refractivity contribution in [3.8, 4) is 17.2 Å². The molecule has 2 aromatic carbocycles. The number of rotatable bonds is 10. The molecule has 0 aliphatic carbocycles. The molecule has 9 nitrogen and oxygen atoms in total. The van der Waals surface area contributed by atoms with Gasteiger partial charge in [0.15, 0.2) is 0 Å². The topological polar surface area (TPSA) is 101 Å². The fourth-order valence-electron chi connectivity index (χ4n) is 3.15. The molecule has 1 N–H and O–H groups in total. The minimum atomic E-state index is -0.374. The molecule has 0 atom stereocenters. The summed E-state index contributed by atoms with van der Waals surface area (Å²) in [6, 6.07) is 15.7. The zero-order chi connectivity index (χ0) is 23.9. The Morgan fingerprint density at radius 2 is 1.85 bits per heavy atom. The first-order valence-corrected chi connectivity index (χ1v) is 10.9. The van der Waals surface area contributed by atoms with Crippen LogP contribution in [0.3, 0.4) is 0 Å². The second kappa shape index (κ2) is 11.0. The Hall–Kier alpha value is -3.57. The maximum absolute atomic E-state index is 13.0. The average molecular weight is 483 g/mol. The third-order valence-corrected chi connectivity index (χ3v) is 5.33. The molecule has 0 unspecified atom stereocenters. The highest BCUT2D eigenvalue weighted by atomic mass is 32.2. The Morgan fingerprint density at radius 1 is 1.03 bits per heavy atom. The van der Waals surface area contributed by atoms with Gasteiger partial charge in [0.05, 0.1) is 31.6 Å². The first-order valence-electron chi connectivity index (χ1n) is 10.1. The van der Waals surface area contributed by atoms with Crippen LogP contribution in [0.15, 0.2) is 70.1 Å². The first-order chi connectivity index (χ1) is 16.6. The summed E-state index contributed by atoms with van der Waals surface area (Å²) in [6.45, 7) is 0.287. The minimum absolute atomic E-state index is 0.287. The number of nitrogens with zero attached hydrogens (tertiary/aromatic N) is 1. The third kappa shape index (κ3) is 5.67. The van der Waals surface area contributed by atoms with Crippen molar-refractivity contribution >= 4 is 34.7 Å². The highest BCUT2D eigenvalue weighted by molar-refractivity contribution is 7.94. The van der Waals surface area contributed by atoms with Gasteiger partial charge in [0.2, 0.25) is 0 Å². The lowest BCUT2D eigenvalue weighted by molar-refractivity contribution is -0.160. The molecule has 0 aliphatic rings. The number of aromatic nitrogens is 1. The van der Waals surface area contributed by atoms with Crippen LogP contribution in [-0.4, -0.2) is 32.2 Å². The molecule has 1 amide bonds. The zero-order valence-electron chi connectivity index (χ0n) is 18.7. The van der Waals surface area contributed by atoms with Crippen molar-refractivity contribution in [2.75, 3.05) is 26.6 Å². The minimum Gasteiger partial charge on any atom is -0.497 e. The molecule has 10 heteroatoms. The molecule has 4 rings (SSSR count). The normalized spacial score (nSPS) is 10.9. The van der Waals surface area contributed by atoms with E-state index in [4.69, 9.17) is 23.0 Å². The van der Waals surface area contributed by atoms with Gasteiger partial charge in [-0.15, -0.1) is 0 Å². The van der Waals surface area contributed by atoms with Gasteiger partial charge in [-0.25, -0.2) is 9.87 Å². The van der Waals surface area contributed by atoms with Crippen molar-refractivity contribution in [1.82, 2.24) is 4.98 Å². The molecule has 34 heavy (non-hydrogen) atoms. The van der Waals surface area contributed by atoms with Gasteiger partial charge in [0.1, 0.15) is 41.0 Å². The summed E-state index contributed by atoms with van der Waals surface area (Å²) in [7, 11) is 4.56. The van der Waals surface area contributed by atoms with E-state index >= 15 is 0 Å². The van der Waals surface area contributed by atoms with Crippen molar-refractivity contribution in [3.63, 3.8) is 0 Å². The average Bonchev–Trinajstić information content (AvgIpc) is 3.27. The fraction of sp³-hybridized carbons (Fsp3) is 0.167. The molecule has 0 radical (unpaired) electrons. The van der Waals surface area contributed by atoms with Crippen LogP contribution in [0, 0.1) is 0 Å². The molecule has 0 aliphatic heterocycles. The molecule has 0 spiro atoms. The number of hydrogen-bond acceptors (Lipinski definition) is 9. The Balaban J connectivity index is 1.64. The number of anilines is 1. The monoisotopic (exact) mass is 482 g/mol. The van der Waals surface area contributed by atoms with Crippen molar-refractivity contribution < 1.29 is 32.6 Å². The van der Waals surface area contributed by atoms with E-state index in [1.165, 1.54) is 7.11 Å². The van der Waals surface area contributed by atoms with Gasteiger partial charge < -0.3 is 23.9 Å². The molecule has 0 saturated heterocycles. The number of furan rings is 1. The van der Waals surface area contributed by atoms with Crippen LogP contribution in [0.5, 0.6) is 17.2 Å². The number of hydrogen-bond donors (Lipinski definition) is 1. The Morgan fingerprint density at radius 3 is 2.59 bits per heavy atom. The van der Waals surface area contributed by atoms with Crippen molar-refractivity contribution in [2.24, 2.45) is 0 Å². The maximum atomic E-state index is 13.0. The standard InChI is InChI=1S/C24H22N2O7S/c1-28-14-18-12-20-21(31-16-4-6-19(7-5-16)34-33-30-3)10-15(11-22(20)32-18)24(27)26-23-13-17(29-2)8-9-25-23/h4-13H,14H2,1-3H3,(H,25,26,27). The molecular formula is C24H22N2O7S. The van der Waals surface area contributed by atoms with Crippen molar-refractivity contribution in [3.05, 3.63) is 72.1 Å². The maximum Gasteiger partial charge on any atom is 0.257 e. The van der Waals surface area contributed by atoms with Gasteiger partial charge in [0, 0.05) is 29.8 Å². The van der Waals surface area contributed by atoms with E-state index in [9.17, 15) is 4.79 Å². The Labute approximate surface area is 200 Å². The molecule has 0 saturated carbocycles. The number of amides is 1. The molecule has 4 aromatic rings. The van der Waals surface area contributed by atoms with Crippen LogP contribution in [0.1, 0.15) is 16.1 Å². The second-order valence-electron chi connectivity index (χ2n) is 6.96. The number of carbonyl (C=O) groups excluding carboxylic acids is 1. The molecule has 0 fully saturated rings. The van der Waals surface area contributed by atoms with Gasteiger partial charge in [-0.2, -0.15) is 4.33 Å². The van der Waals surface area contributed by atoms with E-state index in [1.807, 2.05) is 18.2 Å². The van der Waals surface area contributed by atoms with Gasteiger partial charge in [0.25, 0.3) is 5.91 Å². The number of carbonyl (C=O) groups is 1. The van der Waals surface area contributed by atoms with Crippen molar-refractivity contribution in [1.29, 1.82) is 0 Å². The SMILES string of the molecule is COCc1cc2c(Oc3ccc(SOOC)cc3)cc(C(=O)Nc3cc(OC)ccn3)cc2o1. The van der Waals surface area contributed by atoms with Crippen LogP contribution in [0.25, 0.3) is 11.0 Å². The van der Waals surface area contributed by atoms with E-state index in [0.717, 1.165) is 16.9 Å². The lowest BCUT2D eigenvalue weighted by atomic mass is 10.1. The predicted molar refractivity (Wildman–Crippen MR) is 126 cm³/mol. The van der Waals surface area contributed by atoms with E-state index in [2.05, 4.69) is 15.2 Å². The summed E-state index contributed by atoms with van der Waals surface area (Å²) in [4.78, 5) is 22.6. The summed E-state index contributed by atoms with van der Waals surface area (Å²) in [5.41, 5.74) is 0.833. The molecule has 0 bridgehead atoms. The van der Waals surface area contributed by atoms with Gasteiger partial charge in [-0.3, -0.25) is 4.79 Å². The van der Waals surface area contributed by atoms with Crippen LogP contribution in [0.2, 0.25) is 0 Å². The number of methoxy groups -OCH3 is 2. The summed E-state index contributed by atoms with van der Waals surface area (Å²) in [5.74, 6) is 2.21. The lowest BCUT2D eigenvalue weighted by Crippen LogP contribution is -2.13. The van der Waals surface area contributed by atoms with E-state index in [-0.39, 0.29) is 12.5 Å². The Bertz CT molecular complexity index is 1270. The van der Waals surface area contributed by atoms with Gasteiger partial charge >= 0.3 is 0 Å². The highest BCUT2D eigenvalue weighted by Gasteiger charge is 2.17. The summed E-state index contributed by atoms with van der Waals surface area (Å²) < 4.78 is 27.2. The zero-order valence-corrected chi connectivity index (χ0v) is 19.5. The molecular weight excluding hydrogens is 460 g/mol. The lowest BCUT2D eigenvalue weighted by Gasteiger charge is -2.10. The van der Waals surface area contributed by atoms with E-state index in [0.29, 0.717) is 45.4 Å². The largest absolute Gasteiger partial charge is 0.497 e. The van der Waals surface area contributed by atoms with Crippen molar-refractivity contribution in [2.45, 2.75) is 11.5 Å². The van der Waals surface area contributed by atoms with Crippen LogP contribution in [-0.2, 0) is 20.6 Å². The number of pyridine rings is 1. The van der Waals surface area contributed by atoms with Crippen LogP contribution < -0.4 is 14.8 Å². The van der Waals surface area contributed by atoms with Crippen LogP contribution in [0.4, 0.5) is 5.82 Å². The number of nitrogens with one attached hydrogen (secondary N) is 1. The second-order valence-corrected chi connectivity index (χ2v) is 7.73. The fourth-order valence-corrected chi connectivity index (χ4v) is 3.54. The Kier molecular flexibility index (Phi) is 7.65. The first kappa shape index (κ1) is 23.6. The van der Waals surface area contributed by atoms with Crippen LogP contribution >= 0.6 is 12.0 Å². The summed E-state index contributed by atoms with van der Waals surface area (Å²) >= 11 is 1.08. The van der Waals surface area contributed by atoms with Gasteiger partial charge in [-0.05, 0) is 48.5 Å². The molecule has 2 heterocycles. The predicted octanol–water partition coefficient (Wildman–Crippen LogP) is 5.61. The molecule has 2 aromatic heterocycles. The molecule has 176 valence electrons. The number of benzene rings is 2. The number of ether oxygens (including phenoxy) is 3. The third-order valence-electron chi connectivity index (χ3n) is 4.66. The highest BCUT2D eigenvalue weighted by Crippen LogP contribution is 2.35. The van der Waals surface area contributed by atoms with E-state index < -0.39 is 0 Å². The van der Waals surface area contributed by atoms with E-state index in [1.54, 1.807) is 56.8 Å².